The fourth-order valence-corrected chi connectivity index (χ4v) is 2.11. The first-order valence-corrected chi connectivity index (χ1v) is 7.16. The monoisotopic (exact) mass is 323 g/mol. The lowest BCUT2D eigenvalue weighted by Gasteiger charge is -2.02. The maximum Gasteiger partial charge on any atom is 0.259 e. The Balaban J connectivity index is 2.50. The van der Waals surface area contributed by atoms with Crippen LogP contribution in [0.1, 0.15) is 17.5 Å². The SMILES string of the molecule is Cc1ccc(-c2nn(CCC(=O)[O-])cc2/C=C(/C#N)C(N)=O)cc1. The normalized spacial score (nSPS) is 11.1. The fourth-order valence-electron chi connectivity index (χ4n) is 2.11. The zero-order valence-corrected chi connectivity index (χ0v) is 13.0. The minimum atomic E-state index is -1.19. The number of nitriles is 1. The number of carboxylic acid groups (broad SMARTS) is 1. The van der Waals surface area contributed by atoms with Crippen LogP contribution in [0.4, 0.5) is 0 Å². The Kier molecular flexibility index (Phi) is 5.12. The van der Waals surface area contributed by atoms with Crippen LogP contribution in [0.2, 0.25) is 0 Å². The molecule has 0 aliphatic heterocycles. The van der Waals surface area contributed by atoms with Crippen molar-refractivity contribution in [1.82, 2.24) is 9.78 Å². The van der Waals surface area contributed by atoms with Crippen LogP contribution in [0.25, 0.3) is 17.3 Å². The van der Waals surface area contributed by atoms with Gasteiger partial charge in [0.15, 0.2) is 0 Å². The van der Waals surface area contributed by atoms with Gasteiger partial charge in [-0.15, -0.1) is 0 Å². The van der Waals surface area contributed by atoms with Gasteiger partial charge in [-0.2, -0.15) is 10.4 Å². The van der Waals surface area contributed by atoms with Gasteiger partial charge in [0.25, 0.3) is 5.91 Å². The maximum absolute atomic E-state index is 11.3. The Morgan fingerprint density at radius 3 is 2.58 bits per heavy atom. The number of nitrogens with two attached hydrogens (primary N) is 1. The Labute approximate surface area is 138 Å². The molecule has 24 heavy (non-hydrogen) atoms. The number of benzene rings is 1. The van der Waals surface area contributed by atoms with E-state index in [4.69, 9.17) is 11.0 Å². The van der Waals surface area contributed by atoms with E-state index >= 15 is 0 Å². The molecule has 0 spiro atoms. The zero-order valence-electron chi connectivity index (χ0n) is 13.0. The van der Waals surface area contributed by atoms with Crippen LogP contribution in [-0.2, 0) is 16.1 Å². The molecular weight excluding hydrogens is 308 g/mol. The number of aromatic nitrogens is 2. The Morgan fingerprint density at radius 2 is 2.04 bits per heavy atom. The quantitative estimate of drug-likeness (QED) is 0.608. The third kappa shape index (κ3) is 4.08. The molecule has 7 nitrogen and oxygen atoms in total. The molecule has 2 aromatic rings. The molecule has 2 rings (SSSR count). The summed E-state index contributed by atoms with van der Waals surface area (Å²) in [5, 5.41) is 24.0. The number of carbonyl (C=O) groups excluding carboxylic acids is 2. The summed E-state index contributed by atoms with van der Waals surface area (Å²) in [6.45, 7) is 2.07. The Morgan fingerprint density at radius 1 is 1.38 bits per heavy atom. The second-order valence-electron chi connectivity index (χ2n) is 5.22. The van der Waals surface area contributed by atoms with Crippen LogP contribution in [0.5, 0.6) is 0 Å². The summed E-state index contributed by atoms with van der Waals surface area (Å²) in [4.78, 5) is 21.9. The van der Waals surface area contributed by atoms with Gasteiger partial charge < -0.3 is 15.6 Å². The van der Waals surface area contributed by atoms with E-state index in [-0.39, 0.29) is 18.5 Å². The van der Waals surface area contributed by atoms with Crippen molar-refractivity contribution in [3.05, 3.63) is 47.2 Å². The molecule has 1 aromatic heterocycles. The number of amides is 1. The topological polar surface area (TPSA) is 125 Å². The number of rotatable bonds is 6. The summed E-state index contributed by atoms with van der Waals surface area (Å²) in [5.74, 6) is -2.02. The van der Waals surface area contributed by atoms with Crippen molar-refractivity contribution in [2.75, 3.05) is 0 Å². The van der Waals surface area contributed by atoms with Crippen LogP contribution >= 0.6 is 0 Å². The highest BCUT2D eigenvalue weighted by atomic mass is 16.4. The van der Waals surface area contributed by atoms with Crippen LogP contribution in [0.3, 0.4) is 0 Å². The molecule has 1 amide bonds. The Hall–Kier alpha value is -3.40. The molecule has 1 heterocycles. The molecule has 0 radical (unpaired) electrons. The van der Waals surface area contributed by atoms with Gasteiger partial charge in [-0.1, -0.05) is 29.8 Å². The number of hydrogen-bond acceptors (Lipinski definition) is 5. The van der Waals surface area contributed by atoms with Crippen molar-refractivity contribution in [3.8, 4) is 17.3 Å². The summed E-state index contributed by atoms with van der Waals surface area (Å²) in [7, 11) is 0. The molecule has 0 atom stereocenters. The number of aryl methyl sites for hydroxylation is 2. The van der Waals surface area contributed by atoms with E-state index < -0.39 is 11.9 Å². The fraction of sp³-hybridized carbons (Fsp3) is 0.176. The summed E-state index contributed by atoms with van der Waals surface area (Å²) >= 11 is 0. The van der Waals surface area contributed by atoms with E-state index in [1.165, 1.54) is 10.8 Å². The lowest BCUT2D eigenvalue weighted by molar-refractivity contribution is -0.306. The van der Waals surface area contributed by atoms with Gasteiger partial charge in [-0.3, -0.25) is 9.48 Å². The van der Waals surface area contributed by atoms with Crippen LogP contribution < -0.4 is 10.8 Å². The number of hydrogen-bond donors (Lipinski definition) is 1. The summed E-state index contributed by atoms with van der Waals surface area (Å²) in [5.41, 5.74) is 7.85. The van der Waals surface area contributed by atoms with Crippen molar-refractivity contribution in [3.63, 3.8) is 0 Å². The van der Waals surface area contributed by atoms with Crippen LogP contribution in [0, 0.1) is 18.3 Å². The standard InChI is InChI=1S/C17H16N4O3/c1-11-2-4-12(5-3-11)16-14(8-13(9-18)17(19)24)10-21(20-16)7-6-15(22)23/h2-5,8,10H,6-7H2,1H3,(H2,19,24)(H,22,23)/p-1/b13-8-. The van der Waals surface area contributed by atoms with Crippen molar-refractivity contribution in [2.24, 2.45) is 5.73 Å². The van der Waals surface area contributed by atoms with Crippen molar-refractivity contribution in [2.45, 2.75) is 19.9 Å². The molecule has 122 valence electrons. The number of carboxylic acids is 1. The summed E-state index contributed by atoms with van der Waals surface area (Å²) < 4.78 is 1.44. The average molecular weight is 323 g/mol. The van der Waals surface area contributed by atoms with Gasteiger partial charge >= 0.3 is 0 Å². The first-order valence-electron chi connectivity index (χ1n) is 7.16. The molecule has 0 unspecified atom stereocenters. The van der Waals surface area contributed by atoms with Gasteiger partial charge in [0.2, 0.25) is 0 Å². The molecule has 0 aliphatic carbocycles. The van der Waals surface area contributed by atoms with E-state index in [2.05, 4.69) is 5.10 Å². The molecule has 7 heteroatoms. The number of carbonyl (C=O) groups is 2. The second-order valence-corrected chi connectivity index (χ2v) is 5.22. The Bertz CT molecular complexity index is 842. The number of primary amides is 1. The zero-order chi connectivity index (χ0) is 17.7. The minimum Gasteiger partial charge on any atom is -0.550 e. The largest absolute Gasteiger partial charge is 0.550 e. The molecule has 2 N–H and O–H groups in total. The van der Waals surface area contributed by atoms with Gasteiger partial charge in [0, 0.05) is 36.3 Å². The van der Waals surface area contributed by atoms with E-state index in [9.17, 15) is 14.7 Å². The van der Waals surface area contributed by atoms with Crippen molar-refractivity contribution in [1.29, 1.82) is 5.26 Å². The molecule has 0 bridgehead atoms. The predicted octanol–water partition coefficient (Wildman–Crippen LogP) is 0.391. The predicted molar refractivity (Wildman–Crippen MR) is 84.8 cm³/mol. The first kappa shape index (κ1) is 17.0. The van der Waals surface area contributed by atoms with E-state index in [1.54, 1.807) is 12.3 Å². The number of nitrogens with zero attached hydrogens (tertiary/aromatic N) is 3. The molecule has 0 fully saturated rings. The van der Waals surface area contributed by atoms with Crippen LogP contribution in [0.15, 0.2) is 36.0 Å². The van der Waals surface area contributed by atoms with E-state index in [0.717, 1.165) is 11.1 Å². The molecule has 0 saturated heterocycles. The average Bonchev–Trinajstić information content (AvgIpc) is 2.94. The van der Waals surface area contributed by atoms with Gasteiger partial charge in [0.1, 0.15) is 11.6 Å². The highest BCUT2D eigenvalue weighted by Crippen LogP contribution is 2.24. The van der Waals surface area contributed by atoms with Crippen LogP contribution in [-0.4, -0.2) is 21.7 Å². The summed E-state index contributed by atoms with van der Waals surface area (Å²) in [6.07, 6.45) is 2.72. The molecular formula is C17H15N4O3-. The minimum absolute atomic E-state index is 0.119. The second kappa shape index (κ2) is 7.24. The van der Waals surface area contributed by atoms with Crippen molar-refractivity contribution >= 4 is 18.0 Å². The van der Waals surface area contributed by atoms with Gasteiger partial charge in [-0.05, 0) is 13.0 Å². The van der Waals surface area contributed by atoms with Gasteiger partial charge in [0.05, 0.1) is 5.69 Å². The first-order chi connectivity index (χ1) is 11.4. The summed E-state index contributed by atoms with van der Waals surface area (Å²) in [6, 6.07) is 9.26. The third-order valence-corrected chi connectivity index (χ3v) is 3.35. The van der Waals surface area contributed by atoms with Gasteiger partial charge in [-0.25, -0.2) is 0 Å². The lowest BCUT2D eigenvalue weighted by atomic mass is 10.0. The molecule has 0 aliphatic rings. The highest BCUT2D eigenvalue weighted by Gasteiger charge is 2.12. The smallest absolute Gasteiger partial charge is 0.259 e. The third-order valence-electron chi connectivity index (χ3n) is 3.35. The van der Waals surface area contributed by atoms with E-state index in [0.29, 0.717) is 11.3 Å². The molecule has 0 saturated carbocycles. The van der Waals surface area contributed by atoms with E-state index in [1.807, 2.05) is 31.2 Å². The molecule has 1 aromatic carbocycles. The number of aliphatic carboxylic acids is 1. The maximum atomic E-state index is 11.3. The van der Waals surface area contributed by atoms with Crippen molar-refractivity contribution < 1.29 is 14.7 Å². The lowest BCUT2D eigenvalue weighted by Crippen LogP contribution is -2.23. The highest BCUT2D eigenvalue weighted by molar-refractivity contribution is 6.01.